The van der Waals surface area contributed by atoms with E-state index in [2.05, 4.69) is 9.89 Å². The Labute approximate surface area is 108 Å². The summed E-state index contributed by atoms with van der Waals surface area (Å²) in [4.78, 5) is 1.74. The maximum Gasteiger partial charge on any atom is 0.573 e. The summed E-state index contributed by atoms with van der Waals surface area (Å²) >= 11 is 0. The number of rotatable bonds is 5. The standard InChI is InChI=1S/C11H14F3N3O2/c1-17(7-10(15)16-18)6-8-2-4-9(5-3-8)19-11(12,13)14/h2-5,18H,6-7H2,1H3,(H2,15,16). The van der Waals surface area contributed by atoms with Crippen molar-refractivity contribution in [3.63, 3.8) is 0 Å². The van der Waals surface area contributed by atoms with Crippen LogP contribution in [0.2, 0.25) is 0 Å². The van der Waals surface area contributed by atoms with Crippen molar-refractivity contribution in [2.24, 2.45) is 10.9 Å². The minimum absolute atomic E-state index is 0.0551. The molecule has 1 aromatic rings. The van der Waals surface area contributed by atoms with Crippen LogP contribution in [0.3, 0.4) is 0 Å². The molecule has 3 N–H and O–H groups in total. The number of amidine groups is 1. The molecule has 0 heterocycles. The largest absolute Gasteiger partial charge is 0.573 e. The molecule has 1 aromatic carbocycles. The van der Waals surface area contributed by atoms with Crippen LogP contribution < -0.4 is 10.5 Å². The van der Waals surface area contributed by atoms with Crippen LogP contribution in [0.15, 0.2) is 29.4 Å². The quantitative estimate of drug-likeness (QED) is 0.372. The van der Waals surface area contributed by atoms with Gasteiger partial charge in [0, 0.05) is 6.54 Å². The summed E-state index contributed by atoms with van der Waals surface area (Å²) in [5.74, 6) is -0.213. The van der Waals surface area contributed by atoms with Gasteiger partial charge in [-0.25, -0.2) is 0 Å². The number of nitrogens with two attached hydrogens (primary N) is 1. The monoisotopic (exact) mass is 277 g/mol. The normalized spacial score (nSPS) is 12.8. The molecule has 0 atom stereocenters. The van der Waals surface area contributed by atoms with Gasteiger partial charge in [-0.2, -0.15) is 0 Å². The third-order valence-electron chi connectivity index (χ3n) is 2.17. The lowest BCUT2D eigenvalue weighted by molar-refractivity contribution is -0.274. The van der Waals surface area contributed by atoms with Crippen molar-refractivity contribution in [1.29, 1.82) is 0 Å². The zero-order chi connectivity index (χ0) is 14.5. The molecule has 0 amide bonds. The molecule has 0 aliphatic heterocycles. The highest BCUT2D eigenvalue weighted by molar-refractivity contribution is 5.81. The van der Waals surface area contributed by atoms with Gasteiger partial charge in [0.25, 0.3) is 0 Å². The van der Waals surface area contributed by atoms with Crippen molar-refractivity contribution >= 4 is 5.84 Å². The molecule has 19 heavy (non-hydrogen) atoms. The molecule has 1 rings (SSSR count). The molecule has 8 heteroatoms. The molecule has 0 aromatic heterocycles. The average molecular weight is 277 g/mol. The number of hydrogen-bond acceptors (Lipinski definition) is 4. The summed E-state index contributed by atoms with van der Waals surface area (Å²) in [5, 5.41) is 11.2. The highest BCUT2D eigenvalue weighted by Crippen LogP contribution is 2.22. The van der Waals surface area contributed by atoms with Gasteiger partial charge in [0.2, 0.25) is 0 Å². The Morgan fingerprint density at radius 1 is 1.37 bits per heavy atom. The van der Waals surface area contributed by atoms with Gasteiger partial charge in [-0.3, -0.25) is 4.90 Å². The molecular formula is C11H14F3N3O2. The summed E-state index contributed by atoms with van der Waals surface area (Å²) in [6.07, 6.45) is -4.69. The summed E-state index contributed by atoms with van der Waals surface area (Å²) in [5.41, 5.74) is 6.11. The molecular weight excluding hydrogens is 263 g/mol. The van der Waals surface area contributed by atoms with E-state index in [1.807, 2.05) is 0 Å². The number of hydrogen-bond donors (Lipinski definition) is 2. The summed E-state index contributed by atoms with van der Waals surface area (Å²) in [6, 6.07) is 5.51. The molecule has 0 unspecified atom stereocenters. The lowest BCUT2D eigenvalue weighted by Gasteiger charge is -2.16. The second-order valence-corrected chi connectivity index (χ2v) is 3.96. The molecule has 0 aliphatic rings. The van der Waals surface area contributed by atoms with E-state index in [0.29, 0.717) is 6.54 Å². The predicted molar refractivity (Wildman–Crippen MR) is 62.9 cm³/mol. The van der Waals surface area contributed by atoms with Crippen LogP contribution in [0.1, 0.15) is 5.56 Å². The van der Waals surface area contributed by atoms with Crippen molar-refractivity contribution in [2.75, 3.05) is 13.6 Å². The summed E-state index contributed by atoms with van der Waals surface area (Å²) < 4.78 is 39.6. The zero-order valence-corrected chi connectivity index (χ0v) is 10.2. The fourth-order valence-corrected chi connectivity index (χ4v) is 1.47. The van der Waals surface area contributed by atoms with E-state index in [1.54, 1.807) is 11.9 Å². The van der Waals surface area contributed by atoms with Crippen molar-refractivity contribution in [1.82, 2.24) is 4.90 Å². The van der Waals surface area contributed by atoms with Gasteiger partial charge in [-0.1, -0.05) is 17.3 Å². The molecule has 0 bridgehead atoms. The minimum atomic E-state index is -4.69. The zero-order valence-electron chi connectivity index (χ0n) is 10.2. The summed E-state index contributed by atoms with van der Waals surface area (Å²) in [7, 11) is 1.73. The van der Waals surface area contributed by atoms with E-state index in [-0.39, 0.29) is 18.1 Å². The Morgan fingerprint density at radius 3 is 2.42 bits per heavy atom. The SMILES string of the molecule is CN(CC(N)=NO)Cc1ccc(OC(F)(F)F)cc1. The molecule has 0 spiro atoms. The first kappa shape index (κ1) is 15.1. The van der Waals surface area contributed by atoms with Gasteiger partial charge in [-0.15, -0.1) is 13.2 Å². The first-order valence-electron chi connectivity index (χ1n) is 5.30. The lowest BCUT2D eigenvalue weighted by Crippen LogP contribution is -2.30. The number of likely N-dealkylation sites (N-methyl/N-ethyl adjacent to an activating group) is 1. The van der Waals surface area contributed by atoms with Gasteiger partial charge in [0.15, 0.2) is 5.84 Å². The van der Waals surface area contributed by atoms with Crippen molar-refractivity contribution in [3.05, 3.63) is 29.8 Å². The van der Waals surface area contributed by atoms with Crippen molar-refractivity contribution < 1.29 is 23.1 Å². The van der Waals surface area contributed by atoms with Crippen LogP contribution in [0.25, 0.3) is 0 Å². The highest BCUT2D eigenvalue weighted by atomic mass is 19.4. The van der Waals surface area contributed by atoms with E-state index >= 15 is 0 Å². The molecule has 0 radical (unpaired) electrons. The van der Waals surface area contributed by atoms with Crippen molar-refractivity contribution in [3.8, 4) is 5.75 Å². The van der Waals surface area contributed by atoms with Crippen LogP contribution in [0.4, 0.5) is 13.2 Å². The molecule has 0 saturated heterocycles. The van der Waals surface area contributed by atoms with Crippen LogP contribution in [0.5, 0.6) is 5.75 Å². The number of ether oxygens (including phenoxy) is 1. The Kier molecular flexibility index (Phi) is 4.99. The molecule has 0 saturated carbocycles. The smallest absolute Gasteiger partial charge is 0.409 e. The first-order chi connectivity index (χ1) is 8.80. The first-order valence-corrected chi connectivity index (χ1v) is 5.30. The highest BCUT2D eigenvalue weighted by Gasteiger charge is 2.30. The van der Waals surface area contributed by atoms with E-state index in [0.717, 1.165) is 5.56 Å². The maximum atomic E-state index is 12.0. The Bertz CT molecular complexity index is 432. The van der Waals surface area contributed by atoms with Crippen molar-refractivity contribution in [2.45, 2.75) is 12.9 Å². The number of benzene rings is 1. The van der Waals surface area contributed by atoms with Gasteiger partial charge in [0.1, 0.15) is 5.75 Å². The second-order valence-electron chi connectivity index (χ2n) is 3.96. The third-order valence-corrected chi connectivity index (χ3v) is 2.17. The predicted octanol–water partition coefficient (Wildman–Crippen LogP) is 1.76. The van der Waals surface area contributed by atoms with E-state index in [9.17, 15) is 13.2 Å². The lowest BCUT2D eigenvalue weighted by atomic mass is 10.2. The van der Waals surface area contributed by atoms with E-state index in [4.69, 9.17) is 10.9 Å². The van der Waals surface area contributed by atoms with E-state index in [1.165, 1.54) is 24.3 Å². The van der Waals surface area contributed by atoms with Gasteiger partial charge < -0.3 is 15.7 Å². The Hall–Kier alpha value is -1.96. The third kappa shape index (κ3) is 5.96. The minimum Gasteiger partial charge on any atom is -0.409 e. The maximum absolute atomic E-state index is 12.0. The average Bonchev–Trinajstić information content (AvgIpc) is 2.29. The second kappa shape index (κ2) is 6.28. The van der Waals surface area contributed by atoms with Gasteiger partial charge >= 0.3 is 6.36 Å². The number of halogens is 3. The molecule has 5 nitrogen and oxygen atoms in total. The van der Waals surface area contributed by atoms with Crippen LogP contribution in [-0.4, -0.2) is 35.9 Å². The Morgan fingerprint density at radius 2 is 1.95 bits per heavy atom. The van der Waals surface area contributed by atoms with Crippen LogP contribution in [0, 0.1) is 0 Å². The number of alkyl halides is 3. The van der Waals surface area contributed by atoms with Crippen LogP contribution in [-0.2, 0) is 6.54 Å². The fraction of sp³-hybridized carbons (Fsp3) is 0.364. The number of oxime groups is 1. The van der Waals surface area contributed by atoms with Gasteiger partial charge in [0.05, 0.1) is 6.54 Å². The fourth-order valence-electron chi connectivity index (χ4n) is 1.47. The Balaban J connectivity index is 2.57. The van der Waals surface area contributed by atoms with E-state index < -0.39 is 6.36 Å². The number of nitrogens with zero attached hydrogens (tertiary/aromatic N) is 2. The molecule has 0 fully saturated rings. The van der Waals surface area contributed by atoms with Crippen LogP contribution >= 0.6 is 0 Å². The molecule has 106 valence electrons. The molecule has 0 aliphatic carbocycles. The topological polar surface area (TPSA) is 71.1 Å². The summed E-state index contributed by atoms with van der Waals surface area (Å²) in [6.45, 7) is 0.694. The van der Waals surface area contributed by atoms with Gasteiger partial charge in [-0.05, 0) is 24.7 Å².